The third-order valence-electron chi connectivity index (χ3n) is 6.08. The fraction of sp³-hybridized carbons (Fsp3) is 0.214. The van der Waals surface area contributed by atoms with E-state index in [-0.39, 0.29) is 11.9 Å². The highest BCUT2D eigenvalue weighted by Crippen LogP contribution is 2.39. The first-order valence-corrected chi connectivity index (χ1v) is 13.2. The molecular formula is C28H24Cl2N2O2S. The molecule has 0 atom stereocenters. The average molecular weight is 523 g/mol. The SMILES string of the molecule is O=C1/C(=C/c2ccc(OCc3ccc(Cl)c(Cl)c3)cc2)SC(=Nc2ccccc2)N1C1CCCC1. The van der Waals surface area contributed by atoms with Crippen LogP contribution in [-0.4, -0.2) is 22.0 Å². The molecule has 0 aromatic heterocycles. The molecule has 0 N–H and O–H groups in total. The number of para-hydroxylation sites is 1. The molecule has 1 heterocycles. The summed E-state index contributed by atoms with van der Waals surface area (Å²) in [5.74, 6) is 0.777. The zero-order chi connectivity index (χ0) is 24.2. The van der Waals surface area contributed by atoms with Gasteiger partial charge < -0.3 is 4.74 Å². The van der Waals surface area contributed by atoms with E-state index < -0.39 is 0 Å². The van der Waals surface area contributed by atoms with Gasteiger partial charge >= 0.3 is 0 Å². The van der Waals surface area contributed by atoms with Gasteiger partial charge in [0.05, 0.1) is 20.6 Å². The van der Waals surface area contributed by atoms with E-state index in [1.807, 2.05) is 71.6 Å². The third-order valence-corrected chi connectivity index (χ3v) is 7.80. The molecule has 1 aliphatic heterocycles. The van der Waals surface area contributed by atoms with Crippen LogP contribution in [0.5, 0.6) is 5.75 Å². The lowest BCUT2D eigenvalue weighted by atomic mass is 10.2. The first-order chi connectivity index (χ1) is 17.1. The molecule has 0 bridgehead atoms. The van der Waals surface area contributed by atoms with Crippen LogP contribution >= 0.6 is 35.0 Å². The highest BCUT2D eigenvalue weighted by atomic mass is 35.5. The van der Waals surface area contributed by atoms with Gasteiger partial charge in [0.1, 0.15) is 12.4 Å². The van der Waals surface area contributed by atoms with Gasteiger partial charge in [0.2, 0.25) is 0 Å². The van der Waals surface area contributed by atoms with Crippen molar-refractivity contribution in [2.45, 2.75) is 38.3 Å². The van der Waals surface area contributed by atoms with Crippen molar-refractivity contribution >= 4 is 57.8 Å². The number of aliphatic imine (C=N–C) groups is 1. The molecule has 0 radical (unpaired) electrons. The van der Waals surface area contributed by atoms with Crippen LogP contribution in [0.2, 0.25) is 10.0 Å². The first kappa shape index (κ1) is 24.0. The second-order valence-corrected chi connectivity index (χ2v) is 10.4. The van der Waals surface area contributed by atoms with Gasteiger partial charge in [0.15, 0.2) is 5.17 Å². The topological polar surface area (TPSA) is 41.9 Å². The lowest BCUT2D eigenvalue weighted by molar-refractivity contribution is -0.123. The summed E-state index contributed by atoms with van der Waals surface area (Å²) >= 11 is 13.5. The number of carbonyl (C=O) groups excluding carboxylic acids is 1. The van der Waals surface area contributed by atoms with E-state index in [9.17, 15) is 4.79 Å². The number of ether oxygens (including phenoxy) is 1. The molecule has 0 spiro atoms. The Hall–Kier alpha value is -2.73. The van der Waals surface area contributed by atoms with Crippen molar-refractivity contribution in [3.05, 3.63) is 98.9 Å². The minimum atomic E-state index is 0.0384. The maximum atomic E-state index is 13.4. The number of benzene rings is 3. The highest BCUT2D eigenvalue weighted by molar-refractivity contribution is 8.18. The minimum absolute atomic E-state index is 0.0384. The van der Waals surface area contributed by atoms with Crippen LogP contribution < -0.4 is 4.74 Å². The number of hydrogen-bond acceptors (Lipinski definition) is 4. The van der Waals surface area contributed by atoms with Gasteiger partial charge in [-0.1, -0.05) is 72.4 Å². The van der Waals surface area contributed by atoms with Crippen LogP contribution in [-0.2, 0) is 11.4 Å². The number of nitrogens with zero attached hydrogens (tertiary/aromatic N) is 2. The van der Waals surface area contributed by atoms with Crippen molar-refractivity contribution in [3.63, 3.8) is 0 Å². The van der Waals surface area contributed by atoms with Crippen LogP contribution in [0, 0.1) is 0 Å². The summed E-state index contributed by atoms with van der Waals surface area (Å²) in [5.41, 5.74) is 2.74. The van der Waals surface area contributed by atoms with Gasteiger partial charge in [-0.15, -0.1) is 0 Å². The molecule has 5 rings (SSSR count). The second-order valence-electron chi connectivity index (χ2n) is 8.56. The maximum absolute atomic E-state index is 13.4. The maximum Gasteiger partial charge on any atom is 0.267 e. The molecule has 7 heteroatoms. The first-order valence-electron chi connectivity index (χ1n) is 11.6. The van der Waals surface area contributed by atoms with Crippen molar-refractivity contribution < 1.29 is 9.53 Å². The predicted octanol–water partition coefficient (Wildman–Crippen LogP) is 8.12. The minimum Gasteiger partial charge on any atom is -0.489 e. The van der Waals surface area contributed by atoms with E-state index in [1.54, 1.807) is 12.1 Å². The number of halogens is 2. The summed E-state index contributed by atoms with van der Waals surface area (Å²) in [7, 11) is 0. The van der Waals surface area contributed by atoms with Crippen molar-refractivity contribution in [2.24, 2.45) is 4.99 Å². The van der Waals surface area contributed by atoms with Crippen molar-refractivity contribution in [2.75, 3.05) is 0 Å². The Morgan fingerprint density at radius 3 is 2.43 bits per heavy atom. The lowest BCUT2D eigenvalue weighted by Crippen LogP contribution is -2.37. The van der Waals surface area contributed by atoms with Crippen molar-refractivity contribution in [1.29, 1.82) is 0 Å². The molecule has 35 heavy (non-hydrogen) atoms. The second kappa shape index (κ2) is 10.9. The van der Waals surface area contributed by atoms with Crippen molar-refractivity contribution in [3.8, 4) is 5.75 Å². The molecule has 2 fully saturated rings. The van der Waals surface area contributed by atoms with Crippen LogP contribution in [0.25, 0.3) is 6.08 Å². The Kier molecular flexibility index (Phi) is 7.47. The van der Waals surface area contributed by atoms with Crippen LogP contribution in [0.15, 0.2) is 82.7 Å². The normalized spacial score (nSPS) is 18.7. The molecule has 2 aliphatic rings. The lowest BCUT2D eigenvalue weighted by Gasteiger charge is -2.22. The van der Waals surface area contributed by atoms with Crippen LogP contribution in [0.1, 0.15) is 36.8 Å². The summed E-state index contributed by atoms with van der Waals surface area (Å²) in [6.07, 6.45) is 6.29. The number of amides is 1. The van der Waals surface area contributed by atoms with E-state index in [0.29, 0.717) is 21.6 Å². The molecule has 1 amide bonds. The van der Waals surface area contributed by atoms with E-state index in [4.69, 9.17) is 32.9 Å². The molecule has 1 saturated carbocycles. The summed E-state index contributed by atoms with van der Waals surface area (Å²) < 4.78 is 5.88. The molecule has 1 aliphatic carbocycles. The van der Waals surface area contributed by atoms with Gasteiger partial charge in [-0.25, -0.2) is 4.99 Å². The van der Waals surface area contributed by atoms with Gasteiger partial charge in [-0.3, -0.25) is 9.69 Å². The van der Waals surface area contributed by atoms with E-state index >= 15 is 0 Å². The monoisotopic (exact) mass is 522 g/mol. The molecule has 3 aromatic carbocycles. The highest BCUT2D eigenvalue weighted by Gasteiger charge is 2.39. The number of rotatable bonds is 6. The Morgan fingerprint density at radius 2 is 1.71 bits per heavy atom. The Bertz CT molecular complexity index is 1270. The molecule has 3 aromatic rings. The summed E-state index contributed by atoms with van der Waals surface area (Å²) in [4.78, 5) is 20.8. The standard InChI is InChI=1S/C28H24Cl2N2O2S/c29-24-15-12-20(16-25(24)30)18-34-23-13-10-19(11-14-23)17-26-27(33)32(22-8-4-5-9-22)28(35-26)31-21-6-2-1-3-7-21/h1-3,6-7,10-17,22H,4-5,8-9,18H2/b26-17-,31-28?. The zero-order valence-electron chi connectivity index (χ0n) is 19.0. The van der Waals surface area contributed by atoms with E-state index in [1.165, 1.54) is 11.8 Å². The Morgan fingerprint density at radius 1 is 0.971 bits per heavy atom. The Balaban J connectivity index is 1.32. The smallest absolute Gasteiger partial charge is 0.267 e. The molecular weight excluding hydrogens is 499 g/mol. The van der Waals surface area contributed by atoms with Gasteiger partial charge in [0.25, 0.3) is 5.91 Å². The fourth-order valence-corrected chi connectivity index (χ4v) is 5.65. The third kappa shape index (κ3) is 5.75. The quantitative estimate of drug-likeness (QED) is 0.307. The number of thioether (sulfide) groups is 1. The van der Waals surface area contributed by atoms with E-state index in [0.717, 1.165) is 53.4 Å². The summed E-state index contributed by atoms with van der Waals surface area (Å²) in [6, 6.07) is 23.2. The average Bonchev–Trinajstić information content (AvgIpc) is 3.49. The number of carbonyl (C=O) groups is 1. The van der Waals surface area contributed by atoms with Gasteiger partial charge in [-0.2, -0.15) is 0 Å². The van der Waals surface area contributed by atoms with Crippen LogP contribution in [0.4, 0.5) is 5.69 Å². The number of hydrogen-bond donors (Lipinski definition) is 0. The largest absolute Gasteiger partial charge is 0.489 e. The van der Waals surface area contributed by atoms with Gasteiger partial charge in [0, 0.05) is 6.04 Å². The van der Waals surface area contributed by atoms with Crippen LogP contribution in [0.3, 0.4) is 0 Å². The summed E-state index contributed by atoms with van der Waals surface area (Å²) in [5, 5.41) is 1.80. The van der Waals surface area contributed by atoms with Crippen molar-refractivity contribution in [1.82, 2.24) is 4.90 Å². The molecule has 0 unspecified atom stereocenters. The number of amidine groups is 1. The van der Waals surface area contributed by atoms with E-state index in [2.05, 4.69) is 0 Å². The summed E-state index contributed by atoms with van der Waals surface area (Å²) in [6.45, 7) is 0.390. The van der Waals surface area contributed by atoms with Gasteiger partial charge in [-0.05, 0) is 78.2 Å². The zero-order valence-corrected chi connectivity index (χ0v) is 21.3. The molecule has 4 nitrogen and oxygen atoms in total. The molecule has 178 valence electrons. The Labute approximate surface area is 219 Å². The predicted molar refractivity (Wildman–Crippen MR) is 145 cm³/mol. The fourth-order valence-electron chi connectivity index (χ4n) is 4.27. The molecule has 1 saturated heterocycles.